The number of ether oxygens (including phenoxy) is 1. The first-order valence-electron chi connectivity index (χ1n) is 10.0. The van der Waals surface area contributed by atoms with Crippen LogP contribution in [0.5, 0.6) is 0 Å². The molecule has 0 saturated carbocycles. The van der Waals surface area contributed by atoms with E-state index in [-0.39, 0.29) is 23.5 Å². The van der Waals surface area contributed by atoms with Gasteiger partial charge in [-0.3, -0.25) is 9.59 Å². The molecule has 0 aliphatic carbocycles. The number of hydrogen-bond acceptors (Lipinski definition) is 5. The monoisotopic (exact) mass is 425 g/mol. The Hall–Kier alpha value is -2.60. The van der Waals surface area contributed by atoms with E-state index < -0.39 is 11.4 Å². The number of anilines is 1. The van der Waals surface area contributed by atoms with Crippen LogP contribution in [0.3, 0.4) is 0 Å². The molecular weight excluding hydrogens is 398 g/mol. The lowest BCUT2D eigenvalue weighted by molar-refractivity contribution is -0.129. The summed E-state index contributed by atoms with van der Waals surface area (Å²) in [5.74, 6) is -0.685. The fraction of sp³-hybridized carbons (Fsp3) is 0.375. The first kappa shape index (κ1) is 22.1. The van der Waals surface area contributed by atoms with Gasteiger partial charge in [0.2, 0.25) is 5.91 Å². The van der Waals surface area contributed by atoms with Gasteiger partial charge in [0.15, 0.2) is 12.4 Å². The first-order valence-corrected chi connectivity index (χ1v) is 10.9. The molecule has 30 heavy (non-hydrogen) atoms. The van der Waals surface area contributed by atoms with Crippen molar-refractivity contribution in [3.05, 3.63) is 59.7 Å². The Kier molecular flexibility index (Phi) is 6.66. The summed E-state index contributed by atoms with van der Waals surface area (Å²) in [5.41, 5.74) is 1.94. The number of amides is 1. The van der Waals surface area contributed by atoms with Crippen LogP contribution in [0.25, 0.3) is 0 Å². The molecule has 0 N–H and O–H groups in total. The summed E-state index contributed by atoms with van der Waals surface area (Å²) in [6, 6.07) is 15.0. The lowest BCUT2D eigenvalue weighted by Gasteiger charge is -2.22. The lowest BCUT2D eigenvalue weighted by Crippen LogP contribution is -2.35. The molecule has 0 bridgehead atoms. The van der Waals surface area contributed by atoms with Gasteiger partial charge in [0.25, 0.3) is 0 Å². The summed E-state index contributed by atoms with van der Waals surface area (Å²) in [4.78, 5) is 40.2. The Morgan fingerprint density at radius 1 is 1.07 bits per heavy atom. The van der Waals surface area contributed by atoms with E-state index in [4.69, 9.17) is 4.74 Å². The molecule has 6 heteroatoms. The van der Waals surface area contributed by atoms with Crippen molar-refractivity contribution in [1.29, 1.82) is 0 Å². The van der Waals surface area contributed by atoms with E-state index in [0.717, 1.165) is 12.1 Å². The van der Waals surface area contributed by atoms with Gasteiger partial charge in [-0.2, -0.15) is 0 Å². The van der Waals surface area contributed by atoms with Gasteiger partial charge in [-0.15, -0.1) is 11.8 Å². The highest BCUT2D eigenvalue weighted by atomic mass is 32.2. The first-order chi connectivity index (χ1) is 14.2. The van der Waals surface area contributed by atoms with Gasteiger partial charge in [-0.25, -0.2) is 4.79 Å². The third-order valence-electron chi connectivity index (χ3n) is 5.08. The molecule has 0 radical (unpaired) electrons. The van der Waals surface area contributed by atoms with Crippen LogP contribution in [0, 0.1) is 5.41 Å². The van der Waals surface area contributed by atoms with Gasteiger partial charge in [0.1, 0.15) is 0 Å². The van der Waals surface area contributed by atoms with Crippen LogP contribution in [0.15, 0.2) is 53.4 Å². The summed E-state index contributed by atoms with van der Waals surface area (Å²) in [6.45, 7) is 7.62. The fourth-order valence-corrected chi connectivity index (χ4v) is 4.24. The number of para-hydroxylation sites is 1. The minimum Gasteiger partial charge on any atom is -0.454 e. The number of fused-ring (bicyclic) bond motifs is 1. The zero-order chi connectivity index (χ0) is 21.9. The van der Waals surface area contributed by atoms with Crippen molar-refractivity contribution >= 4 is 35.1 Å². The van der Waals surface area contributed by atoms with Crippen molar-refractivity contribution in [2.24, 2.45) is 5.41 Å². The van der Waals surface area contributed by atoms with Crippen molar-refractivity contribution in [3.63, 3.8) is 0 Å². The number of esters is 1. The molecule has 0 spiro atoms. The number of hydrogen-bond donors (Lipinski definition) is 0. The van der Waals surface area contributed by atoms with E-state index in [2.05, 4.69) is 0 Å². The van der Waals surface area contributed by atoms with Gasteiger partial charge in [-0.05, 0) is 37.1 Å². The molecule has 2 aromatic carbocycles. The zero-order valence-electron chi connectivity index (χ0n) is 17.8. The molecular formula is C24H27NO4S. The van der Waals surface area contributed by atoms with Gasteiger partial charge in [0.05, 0.1) is 10.8 Å². The molecule has 1 amide bonds. The summed E-state index contributed by atoms with van der Waals surface area (Å²) < 4.78 is 5.25. The van der Waals surface area contributed by atoms with Crippen LogP contribution in [0.1, 0.15) is 43.6 Å². The van der Waals surface area contributed by atoms with Crippen LogP contribution >= 0.6 is 11.8 Å². The summed E-state index contributed by atoms with van der Waals surface area (Å²) >= 11 is 1.33. The fourth-order valence-electron chi connectivity index (χ4n) is 3.19. The quantitative estimate of drug-likeness (QED) is 0.503. The normalized spacial score (nSPS) is 14.2. The Balaban J connectivity index is 1.69. The second-order valence-corrected chi connectivity index (χ2v) is 9.76. The molecule has 5 nitrogen and oxygen atoms in total. The molecule has 0 saturated heterocycles. The van der Waals surface area contributed by atoms with E-state index in [1.54, 1.807) is 39.0 Å². The number of thioether (sulfide) groups is 1. The van der Waals surface area contributed by atoms with Crippen LogP contribution in [0.4, 0.5) is 5.69 Å². The molecule has 3 rings (SSSR count). The predicted molar refractivity (Wildman–Crippen MR) is 119 cm³/mol. The highest BCUT2D eigenvalue weighted by Gasteiger charge is 2.29. The number of nitrogens with zero attached hydrogens (tertiary/aromatic N) is 1. The topological polar surface area (TPSA) is 63.7 Å². The zero-order valence-corrected chi connectivity index (χ0v) is 18.6. The molecule has 0 unspecified atom stereocenters. The van der Waals surface area contributed by atoms with Crippen molar-refractivity contribution in [1.82, 2.24) is 0 Å². The van der Waals surface area contributed by atoms with E-state index >= 15 is 0 Å². The smallest absolute Gasteiger partial charge is 0.339 e. The Labute approximate surface area is 181 Å². The predicted octanol–water partition coefficient (Wildman–Crippen LogP) is 4.53. The van der Waals surface area contributed by atoms with Gasteiger partial charge < -0.3 is 9.64 Å². The van der Waals surface area contributed by atoms with E-state index in [0.29, 0.717) is 17.0 Å². The van der Waals surface area contributed by atoms with E-state index in [1.165, 1.54) is 17.3 Å². The molecule has 0 aromatic heterocycles. The van der Waals surface area contributed by atoms with Gasteiger partial charge in [0, 0.05) is 22.5 Å². The number of carbonyl (C=O) groups excluding carboxylic acids is 3. The molecule has 1 atom stereocenters. The Bertz CT molecular complexity index is 964. The minimum absolute atomic E-state index is 0.0102. The van der Waals surface area contributed by atoms with Crippen LogP contribution in [-0.4, -0.2) is 36.1 Å². The summed E-state index contributed by atoms with van der Waals surface area (Å²) in [6.07, 6.45) is 0.851. The van der Waals surface area contributed by atoms with Crippen LogP contribution < -0.4 is 4.90 Å². The number of rotatable bonds is 6. The maximum absolute atomic E-state index is 13.1. The molecule has 1 aliphatic heterocycles. The highest BCUT2D eigenvalue weighted by molar-refractivity contribution is 8.00. The van der Waals surface area contributed by atoms with Crippen molar-refractivity contribution in [2.75, 3.05) is 18.1 Å². The number of carbonyl (C=O) groups is 3. The number of Topliss-reactive ketones (excluding diaryl/α,β-unsaturated/α-hetero) is 1. The molecule has 0 fully saturated rings. The average Bonchev–Trinajstić information content (AvgIpc) is 3.15. The van der Waals surface area contributed by atoms with Crippen LogP contribution in [0.2, 0.25) is 0 Å². The minimum atomic E-state index is -0.568. The number of ketones is 1. The van der Waals surface area contributed by atoms with Crippen LogP contribution in [-0.2, 0) is 20.7 Å². The maximum atomic E-state index is 13.1. The van der Waals surface area contributed by atoms with E-state index in [1.807, 2.05) is 42.2 Å². The third-order valence-corrected chi connectivity index (χ3v) is 6.25. The van der Waals surface area contributed by atoms with Gasteiger partial charge >= 0.3 is 5.97 Å². The van der Waals surface area contributed by atoms with Crippen molar-refractivity contribution in [3.8, 4) is 0 Å². The van der Waals surface area contributed by atoms with Crippen molar-refractivity contribution in [2.45, 2.75) is 44.3 Å². The average molecular weight is 426 g/mol. The number of benzene rings is 2. The molecule has 1 heterocycles. The SMILES string of the molecule is C[C@@H](Sc1ccccc1C(=O)OCC(=O)C(C)(C)C)C(=O)N1CCc2ccccc21. The maximum Gasteiger partial charge on any atom is 0.339 e. The molecule has 2 aromatic rings. The highest BCUT2D eigenvalue weighted by Crippen LogP contribution is 2.33. The Morgan fingerprint density at radius 2 is 1.73 bits per heavy atom. The molecule has 1 aliphatic rings. The van der Waals surface area contributed by atoms with E-state index in [9.17, 15) is 14.4 Å². The standard InChI is InChI=1S/C24H27NO4S/c1-16(22(27)25-14-13-17-9-5-7-11-19(17)25)30-20-12-8-6-10-18(20)23(28)29-15-21(26)24(2,3)4/h5-12,16H,13-15H2,1-4H3/t16-/m1/s1. The summed E-state index contributed by atoms with van der Waals surface area (Å²) in [7, 11) is 0. The Morgan fingerprint density at radius 3 is 2.47 bits per heavy atom. The van der Waals surface area contributed by atoms with Gasteiger partial charge in [-0.1, -0.05) is 51.1 Å². The van der Waals surface area contributed by atoms with Crippen molar-refractivity contribution < 1.29 is 19.1 Å². The second kappa shape index (κ2) is 9.04. The second-order valence-electron chi connectivity index (χ2n) is 8.37. The largest absolute Gasteiger partial charge is 0.454 e. The third kappa shape index (κ3) is 4.93. The summed E-state index contributed by atoms with van der Waals surface area (Å²) in [5, 5.41) is -0.374. The molecule has 158 valence electrons. The lowest BCUT2D eigenvalue weighted by atomic mass is 9.91.